The molecule has 3 rings (SSSR count). The minimum atomic E-state index is -0.147. The number of aromatic amines is 1. The molecule has 0 aliphatic carbocycles. The number of rotatable bonds is 3. The van der Waals surface area contributed by atoms with Crippen molar-refractivity contribution in [2.45, 2.75) is 27.7 Å². The standard InChI is InChI=1S/C17H19N3O2/c1-5-22-14-8-6-13(7-9-14)20-11(3)15-10(2)18-19-17(21)16(15)12(20)4/h6-9H,5H2,1-4H3,(H,19,21). The maximum absolute atomic E-state index is 12.1. The Kier molecular flexibility index (Phi) is 3.48. The summed E-state index contributed by atoms with van der Waals surface area (Å²) in [6, 6.07) is 7.89. The van der Waals surface area contributed by atoms with Crippen molar-refractivity contribution in [1.29, 1.82) is 0 Å². The van der Waals surface area contributed by atoms with Gasteiger partial charge in [0.05, 0.1) is 17.7 Å². The van der Waals surface area contributed by atoms with Gasteiger partial charge in [-0.05, 0) is 52.0 Å². The fourth-order valence-electron chi connectivity index (χ4n) is 3.05. The van der Waals surface area contributed by atoms with Gasteiger partial charge in [0.25, 0.3) is 5.56 Å². The summed E-state index contributed by atoms with van der Waals surface area (Å²) < 4.78 is 7.57. The highest BCUT2D eigenvalue weighted by Crippen LogP contribution is 2.28. The summed E-state index contributed by atoms with van der Waals surface area (Å²) in [5.74, 6) is 0.842. The lowest BCUT2D eigenvalue weighted by Gasteiger charge is -2.10. The fourth-order valence-corrected chi connectivity index (χ4v) is 3.05. The van der Waals surface area contributed by atoms with Gasteiger partial charge in [-0.25, -0.2) is 5.10 Å². The van der Waals surface area contributed by atoms with Crippen molar-refractivity contribution in [3.63, 3.8) is 0 Å². The molecule has 5 heteroatoms. The van der Waals surface area contributed by atoms with E-state index in [9.17, 15) is 4.79 Å². The second-order valence-corrected chi connectivity index (χ2v) is 5.32. The molecule has 1 N–H and O–H groups in total. The summed E-state index contributed by atoms with van der Waals surface area (Å²) >= 11 is 0. The van der Waals surface area contributed by atoms with Gasteiger partial charge in [0.1, 0.15) is 5.75 Å². The zero-order valence-electron chi connectivity index (χ0n) is 13.2. The monoisotopic (exact) mass is 297 g/mol. The molecule has 1 aromatic carbocycles. The van der Waals surface area contributed by atoms with Gasteiger partial charge < -0.3 is 9.30 Å². The normalized spacial score (nSPS) is 11.1. The minimum absolute atomic E-state index is 0.147. The van der Waals surface area contributed by atoms with Gasteiger partial charge in [-0.1, -0.05) is 0 Å². The largest absolute Gasteiger partial charge is 0.494 e. The van der Waals surface area contributed by atoms with E-state index in [0.717, 1.165) is 33.9 Å². The maximum atomic E-state index is 12.1. The van der Waals surface area contributed by atoms with Crippen LogP contribution in [0.25, 0.3) is 16.5 Å². The van der Waals surface area contributed by atoms with Gasteiger partial charge in [0.2, 0.25) is 0 Å². The Morgan fingerprint density at radius 3 is 2.32 bits per heavy atom. The van der Waals surface area contributed by atoms with Crippen LogP contribution in [0, 0.1) is 20.8 Å². The molecule has 0 atom stereocenters. The topological polar surface area (TPSA) is 59.9 Å². The van der Waals surface area contributed by atoms with Gasteiger partial charge in [-0.2, -0.15) is 5.10 Å². The highest BCUT2D eigenvalue weighted by molar-refractivity contribution is 5.90. The van der Waals surface area contributed by atoms with Crippen LogP contribution in [0.3, 0.4) is 0 Å². The third-order valence-corrected chi connectivity index (χ3v) is 3.96. The van der Waals surface area contributed by atoms with E-state index in [4.69, 9.17) is 4.74 Å². The predicted molar refractivity (Wildman–Crippen MR) is 87.1 cm³/mol. The molecule has 0 unspecified atom stereocenters. The average molecular weight is 297 g/mol. The summed E-state index contributed by atoms with van der Waals surface area (Å²) in [6.07, 6.45) is 0. The Labute approximate surface area is 128 Å². The second kappa shape index (κ2) is 5.33. The van der Waals surface area contributed by atoms with Crippen molar-refractivity contribution in [3.05, 3.63) is 51.7 Å². The molecule has 0 bridgehead atoms. The third kappa shape index (κ3) is 2.09. The van der Waals surface area contributed by atoms with Crippen LogP contribution in [-0.2, 0) is 0 Å². The highest BCUT2D eigenvalue weighted by Gasteiger charge is 2.17. The van der Waals surface area contributed by atoms with E-state index in [1.807, 2.05) is 52.0 Å². The highest BCUT2D eigenvalue weighted by atomic mass is 16.5. The van der Waals surface area contributed by atoms with Crippen molar-refractivity contribution in [2.75, 3.05) is 6.61 Å². The average Bonchev–Trinajstić information content (AvgIpc) is 2.77. The molecule has 0 aliphatic rings. The van der Waals surface area contributed by atoms with E-state index in [1.54, 1.807) is 0 Å². The van der Waals surface area contributed by atoms with Crippen LogP contribution in [0.5, 0.6) is 5.75 Å². The molecule has 2 aromatic heterocycles. The Morgan fingerprint density at radius 2 is 1.73 bits per heavy atom. The first-order valence-corrected chi connectivity index (χ1v) is 7.34. The first-order chi connectivity index (χ1) is 10.5. The van der Waals surface area contributed by atoms with Crippen LogP contribution in [0.15, 0.2) is 29.1 Å². The predicted octanol–water partition coefficient (Wildman–Crippen LogP) is 3.04. The van der Waals surface area contributed by atoms with E-state index in [2.05, 4.69) is 14.8 Å². The number of nitrogens with one attached hydrogen (secondary N) is 1. The number of benzene rings is 1. The molecule has 114 valence electrons. The number of ether oxygens (including phenoxy) is 1. The van der Waals surface area contributed by atoms with Crippen LogP contribution >= 0.6 is 0 Å². The molecule has 2 heterocycles. The summed E-state index contributed by atoms with van der Waals surface area (Å²) in [7, 11) is 0. The first kappa shape index (κ1) is 14.4. The lowest BCUT2D eigenvalue weighted by molar-refractivity contribution is 0.340. The number of fused-ring (bicyclic) bond motifs is 1. The van der Waals surface area contributed by atoms with E-state index in [0.29, 0.717) is 12.0 Å². The number of aromatic nitrogens is 3. The lowest BCUT2D eigenvalue weighted by atomic mass is 10.2. The number of hydrogen-bond acceptors (Lipinski definition) is 3. The molecule has 0 fully saturated rings. The number of aryl methyl sites for hydroxylation is 3. The van der Waals surface area contributed by atoms with Crippen molar-refractivity contribution in [3.8, 4) is 11.4 Å². The summed E-state index contributed by atoms with van der Waals surface area (Å²) in [5.41, 5.74) is 3.63. The molecule has 0 saturated carbocycles. The van der Waals surface area contributed by atoms with Crippen molar-refractivity contribution in [2.24, 2.45) is 0 Å². The van der Waals surface area contributed by atoms with E-state index in [1.165, 1.54) is 0 Å². The molecule has 0 saturated heterocycles. The number of hydrogen-bond donors (Lipinski definition) is 1. The smallest absolute Gasteiger partial charge is 0.273 e. The Bertz CT molecular complexity index is 889. The van der Waals surface area contributed by atoms with Gasteiger partial charge >= 0.3 is 0 Å². The van der Waals surface area contributed by atoms with Gasteiger partial charge in [0, 0.05) is 22.5 Å². The van der Waals surface area contributed by atoms with Crippen molar-refractivity contribution >= 4 is 10.8 Å². The zero-order valence-corrected chi connectivity index (χ0v) is 13.2. The molecule has 22 heavy (non-hydrogen) atoms. The minimum Gasteiger partial charge on any atom is -0.494 e. The molecule has 0 amide bonds. The maximum Gasteiger partial charge on any atom is 0.273 e. The quantitative estimate of drug-likeness (QED) is 0.808. The van der Waals surface area contributed by atoms with E-state index < -0.39 is 0 Å². The van der Waals surface area contributed by atoms with Crippen molar-refractivity contribution < 1.29 is 4.74 Å². The molecule has 0 spiro atoms. The van der Waals surface area contributed by atoms with Crippen molar-refractivity contribution in [1.82, 2.24) is 14.8 Å². The van der Waals surface area contributed by atoms with E-state index in [-0.39, 0.29) is 5.56 Å². The van der Waals surface area contributed by atoms with Crippen LogP contribution in [0.4, 0.5) is 0 Å². The van der Waals surface area contributed by atoms with Gasteiger partial charge in [0.15, 0.2) is 0 Å². The molecule has 5 nitrogen and oxygen atoms in total. The Balaban J connectivity index is 2.25. The summed E-state index contributed by atoms with van der Waals surface area (Å²) in [4.78, 5) is 12.1. The lowest BCUT2D eigenvalue weighted by Crippen LogP contribution is -2.09. The molecule has 0 radical (unpaired) electrons. The SMILES string of the molecule is CCOc1ccc(-n2c(C)c3c(C)n[nH]c(=O)c3c2C)cc1. The Morgan fingerprint density at radius 1 is 1.09 bits per heavy atom. The fraction of sp³-hybridized carbons (Fsp3) is 0.294. The molecular weight excluding hydrogens is 278 g/mol. The molecule has 3 aromatic rings. The molecule has 0 aliphatic heterocycles. The first-order valence-electron chi connectivity index (χ1n) is 7.34. The Hall–Kier alpha value is -2.56. The zero-order chi connectivity index (χ0) is 15.9. The van der Waals surface area contributed by atoms with Crippen LogP contribution in [0.2, 0.25) is 0 Å². The van der Waals surface area contributed by atoms with E-state index >= 15 is 0 Å². The molecular formula is C17H19N3O2. The number of nitrogens with zero attached hydrogens (tertiary/aromatic N) is 2. The van der Waals surface area contributed by atoms with Crippen LogP contribution in [-0.4, -0.2) is 21.4 Å². The summed E-state index contributed by atoms with van der Waals surface area (Å²) in [6.45, 7) is 8.49. The third-order valence-electron chi connectivity index (χ3n) is 3.96. The number of H-pyrrole nitrogens is 1. The van der Waals surface area contributed by atoms with Gasteiger partial charge in [-0.15, -0.1) is 0 Å². The second-order valence-electron chi connectivity index (χ2n) is 5.32. The van der Waals surface area contributed by atoms with Crippen LogP contribution in [0.1, 0.15) is 24.0 Å². The van der Waals surface area contributed by atoms with Crippen LogP contribution < -0.4 is 10.3 Å². The summed E-state index contributed by atoms with van der Waals surface area (Å²) in [5, 5.41) is 8.28. The van der Waals surface area contributed by atoms with Gasteiger partial charge in [-0.3, -0.25) is 4.79 Å².